The molecule has 0 radical (unpaired) electrons. The average Bonchev–Trinajstić information content (AvgIpc) is 2.96. The molecule has 1 aromatic carbocycles. The summed E-state index contributed by atoms with van der Waals surface area (Å²) < 4.78 is 1.90. The predicted molar refractivity (Wildman–Crippen MR) is 79.8 cm³/mol. The van der Waals surface area contributed by atoms with Crippen LogP contribution < -0.4 is 10.6 Å². The van der Waals surface area contributed by atoms with Gasteiger partial charge >= 0.3 is 0 Å². The average molecular weight is 272 g/mol. The van der Waals surface area contributed by atoms with Crippen LogP contribution in [0.4, 0.5) is 5.69 Å². The van der Waals surface area contributed by atoms with E-state index in [4.69, 9.17) is 0 Å². The predicted octanol–water partition coefficient (Wildman–Crippen LogP) is 2.44. The Morgan fingerprint density at radius 3 is 2.60 bits per heavy atom. The Hall–Kier alpha value is -2.30. The molecule has 20 heavy (non-hydrogen) atoms. The third-order valence-corrected chi connectivity index (χ3v) is 3.23. The molecule has 0 spiro atoms. The van der Waals surface area contributed by atoms with Crippen molar-refractivity contribution in [2.24, 2.45) is 0 Å². The highest BCUT2D eigenvalue weighted by Crippen LogP contribution is 2.19. The summed E-state index contributed by atoms with van der Waals surface area (Å²) in [6.07, 6.45) is 3.91. The van der Waals surface area contributed by atoms with Gasteiger partial charge in [-0.25, -0.2) is 0 Å². The van der Waals surface area contributed by atoms with Crippen LogP contribution in [0.3, 0.4) is 0 Å². The molecule has 0 aliphatic heterocycles. The Labute approximate surface area is 119 Å². The Bertz CT molecular complexity index is 574. The highest BCUT2D eigenvalue weighted by molar-refractivity contribution is 5.94. The molecule has 1 atom stereocenters. The minimum Gasteiger partial charge on any atom is -0.378 e. The van der Waals surface area contributed by atoms with Gasteiger partial charge in [0, 0.05) is 36.6 Å². The van der Waals surface area contributed by atoms with Crippen LogP contribution in [-0.2, 0) is 6.54 Å². The summed E-state index contributed by atoms with van der Waals surface area (Å²) >= 11 is 0. The second-order valence-corrected chi connectivity index (χ2v) is 4.65. The van der Waals surface area contributed by atoms with Crippen molar-refractivity contribution in [1.29, 1.82) is 0 Å². The van der Waals surface area contributed by atoms with Crippen molar-refractivity contribution in [3.05, 3.63) is 47.8 Å². The minimum absolute atomic E-state index is 0.0752. The van der Waals surface area contributed by atoms with E-state index < -0.39 is 0 Å². The molecule has 1 heterocycles. The van der Waals surface area contributed by atoms with E-state index >= 15 is 0 Å². The van der Waals surface area contributed by atoms with Crippen molar-refractivity contribution in [2.75, 3.05) is 12.4 Å². The molecule has 0 saturated heterocycles. The summed E-state index contributed by atoms with van der Waals surface area (Å²) in [5.74, 6) is -0.0752. The molecule has 2 rings (SSSR count). The quantitative estimate of drug-likeness (QED) is 0.879. The zero-order valence-corrected chi connectivity index (χ0v) is 12.1. The van der Waals surface area contributed by atoms with Crippen LogP contribution in [0.25, 0.3) is 0 Å². The maximum Gasteiger partial charge on any atom is 0.251 e. The van der Waals surface area contributed by atoms with Gasteiger partial charge in [-0.3, -0.25) is 9.48 Å². The molecule has 0 aliphatic rings. The summed E-state index contributed by atoms with van der Waals surface area (Å²) in [7, 11) is 1.63. The van der Waals surface area contributed by atoms with Gasteiger partial charge in [0.15, 0.2) is 0 Å². The standard InChI is InChI=1S/C15H20N4O/c1-4-19-10-13(9-17-19)11(2)18-14-7-5-12(6-8-14)15(20)16-3/h5-11,18H,4H2,1-3H3,(H,16,20). The number of carbonyl (C=O) groups is 1. The lowest BCUT2D eigenvalue weighted by atomic mass is 10.1. The smallest absolute Gasteiger partial charge is 0.251 e. The van der Waals surface area contributed by atoms with E-state index in [0.717, 1.165) is 17.8 Å². The number of carbonyl (C=O) groups excluding carboxylic acids is 1. The van der Waals surface area contributed by atoms with Crippen molar-refractivity contribution >= 4 is 11.6 Å². The molecule has 0 saturated carbocycles. The first kappa shape index (κ1) is 14.1. The second kappa shape index (κ2) is 6.23. The Morgan fingerprint density at radius 2 is 2.05 bits per heavy atom. The van der Waals surface area contributed by atoms with Crippen LogP contribution in [0.5, 0.6) is 0 Å². The zero-order valence-electron chi connectivity index (χ0n) is 12.1. The fourth-order valence-electron chi connectivity index (χ4n) is 1.97. The normalized spacial score (nSPS) is 11.9. The maximum atomic E-state index is 11.5. The Morgan fingerprint density at radius 1 is 1.35 bits per heavy atom. The summed E-state index contributed by atoms with van der Waals surface area (Å²) in [5, 5.41) is 10.3. The summed E-state index contributed by atoms with van der Waals surface area (Å²) in [5.41, 5.74) is 2.78. The molecule has 2 N–H and O–H groups in total. The number of amides is 1. The van der Waals surface area contributed by atoms with E-state index in [9.17, 15) is 4.79 Å². The van der Waals surface area contributed by atoms with Crippen molar-refractivity contribution in [2.45, 2.75) is 26.4 Å². The van der Waals surface area contributed by atoms with Crippen LogP contribution in [-0.4, -0.2) is 22.7 Å². The lowest BCUT2D eigenvalue weighted by molar-refractivity contribution is 0.0963. The third kappa shape index (κ3) is 3.17. The van der Waals surface area contributed by atoms with E-state index in [2.05, 4.69) is 29.6 Å². The fraction of sp³-hybridized carbons (Fsp3) is 0.333. The molecule has 0 fully saturated rings. The Balaban J connectivity index is 2.04. The number of nitrogens with one attached hydrogen (secondary N) is 2. The van der Waals surface area contributed by atoms with Gasteiger partial charge in [-0.05, 0) is 38.1 Å². The molecule has 2 aromatic rings. The monoisotopic (exact) mass is 272 g/mol. The molecular formula is C15H20N4O. The molecule has 1 amide bonds. The molecule has 106 valence electrons. The number of anilines is 1. The SMILES string of the molecule is CCn1cc(C(C)Nc2ccc(C(=O)NC)cc2)cn1. The lowest BCUT2D eigenvalue weighted by Crippen LogP contribution is -2.17. The van der Waals surface area contributed by atoms with E-state index in [1.165, 1.54) is 0 Å². The molecule has 1 unspecified atom stereocenters. The van der Waals surface area contributed by atoms with E-state index in [0.29, 0.717) is 5.56 Å². The summed E-state index contributed by atoms with van der Waals surface area (Å²) in [6, 6.07) is 7.60. The number of hydrogen-bond donors (Lipinski definition) is 2. The Kier molecular flexibility index (Phi) is 4.40. The number of aryl methyl sites for hydroxylation is 1. The van der Waals surface area contributed by atoms with Crippen LogP contribution in [0, 0.1) is 0 Å². The second-order valence-electron chi connectivity index (χ2n) is 4.65. The van der Waals surface area contributed by atoms with Gasteiger partial charge in [0.2, 0.25) is 0 Å². The van der Waals surface area contributed by atoms with E-state index in [-0.39, 0.29) is 11.9 Å². The van der Waals surface area contributed by atoms with Crippen LogP contribution in [0.2, 0.25) is 0 Å². The largest absolute Gasteiger partial charge is 0.378 e. The summed E-state index contributed by atoms with van der Waals surface area (Å²) in [6.45, 7) is 5.02. The molecule has 0 bridgehead atoms. The van der Waals surface area contributed by atoms with Crippen molar-refractivity contribution < 1.29 is 4.79 Å². The van der Waals surface area contributed by atoms with E-state index in [1.54, 1.807) is 7.05 Å². The van der Waals surface area contributed by atoms with Gasteiger partial charge in [-0.1, -0.05) is 0 Å². The van der Waals surface area contributed by atoms with Gasteiger partial charge in [-0.2, -0.15) is 5.10 Å². The molecule has 5 heteroatoms. The van der Waals surface area contributed by atoms with Crippen molar-refractivity contribution in [3.8, 4) is 0 Å². The molecule has 0 aliphatic carbocycles. The van der Waals surface area contributed by atoms with Gasteiger partial charge in [-0.15, -0.1) is 0 Å². The van der Waals surface area contributed by atoms with Crippen LogP contribution >= 0.6 is 0 Å². The number of hydrogen-bond acceptors (Lipinski definition) is 3. The number of aromatic nitrogens is 2. The molecular weight excluding hydrogens is 252 g/mol. The maximum absolute atomic E-state index is 11.5. The minimum atomic E-state index is -0.0752. The van der Waals surface area contributed by atoms with Gasteiger partial charge < -0.3 is 10.6 Å². The van der Waals surface area contributed by atoms with Gasteiger partial charge in [0.25, 0.3) is 5.91 Å². The zero-order chi connectivity index (χ0) is 14.5. The van der Waals surface area contributed by atoms with Crippen molar-refractivity contribution in [1.82, 2.24) is 15.1 Å². The fourth-order valence-corrected chi connectivity index (χ4v) is 1.97. The highest BCUT2D eigenvalue weighted by atomic mass is 16.1. The number of nitrogens with zero attached hydrogens (tertiary/aromatic N) is 2. The molecule has 5 nitrogen and oxygen atoms in total. The topological polar surface area (TPSA) is 59.0 Å². The first-order chi connectivity index (χ1) is 9.63. The van der Waals surface area contributed by atoms with Gasteiger partial charge in [0.1, 0.15) is 0 Å². The van der Waals surface area contributed by atoms with Crippen LogP contribution in [0.1, 0.15) is 35.8 Å². The van der Waals surface area contributed by atoms with Crippen LogP contribution in [0.15, 0.2) is 36.7 Å². The van der Waals surface area contributed by atoms with Gasteiger partial charge in [0.05, 0.1) is 12.2 Å². The number of rotatable bonds is 5. The van der Waals surface area contributed by atoms with Crippen molar-refractivity contribution in [3.63, 3.8) is 0 Å². The molecule has 1 aromatic heterocycles. The highest BCUT2D eigenvalue weighted by Gasteiger charge is 2.08. The lowest BCUT2D eigenvalue weighted by Gasteiger charge is -2.13. The number of benzene rings is 1. The van der Waals surface area contributed by atoms with E-state index in [1.807, 2.05) is 41.3 Å². The first-order valence-corrected chi connectivity index (χ1v) is 6.75. The third-order valence-electron chi connectivity index (χ3n) is 3.23. The summed E-state index contributed by atoms with van der Waals surface area (Å²) in [4.78, 5) is 11.5. The first-order valence-electron chi connectivity index (χ1n) is 6.75.